The van der Waals surface area contributed by atoms with Crippen LogP contribution in [0.2, 0.25) is 0 Å². The largest absolute Gasteiger partial charge is 0.493 e. The van der Waals surface area contributed by atoms with Crippen molar-refractivity contribution >= 4 is 46.6 Å². The molecule has 0 spiro atoms. The van der Waals surface area contributed by atoms with Crippen LogP contribution in [-0.4, -0.2) is 96.2 Å². The Morgan fingerprint density at radius 2 is 1.39 bits per heavy atom. The summed E-state index contributed by atoms with van der Waals surface area (Å²) in [5, 5.41) is 0. The van der Waals surface area contributed by atoms with Crippen molar-refractivity contribution in [1.82, 2.24) is 0 Å². The normalized spacial score (nSPS) is 16.5. The zero-order valence-corrected chi connectivity index (χ0v) is 41.0. The van der Waals surface area contributed by atoms with E-state index in [0.717, 1.165) is 75.5 Å². The molecule has 0 aliphatic carbocycles. The highest BCUT2D eigenvalue weighted by Gasteiger charge is 2.38. The summed E-state index contributed by atoms with van der Waals surface area (Å²) < 4.78 is 35.9. The van der Waals surface area contributed by atoms with E-state index in [1.165, 1.54) is 5.56 Å². The third-order valence-corrected chi connectivity index (χ3v) is 13.8. The van der Waals surface area contributed by atoms with Crippen molar-refractivity contribution in [2.24, 2.45) is 10.9 Å². The maximum Gasteiger partial charge on any atom is 0.261 e. The molecule has 0 N–H and O–H groups in total. The lowest BCUT2D eigenvalue weighted by molar-refractivity contribution is -0.121. The molecule has 0 fully saturated rings. The smallest absolute Gasteiger partial charge is 0.261 e. The third kappa shape index (κ3) is 10.6. The molecule has 0 aromatic heterocycles. The highest BCUT2D eigenvalue weighted by atomic mass is 16.5. The summed E-state index contributed by atoms with van der Waals surface area (Å²) in [4.78, 5) is 52.0. The molecule has 2 amide bonds. The van der Waals surface area contributed by atoms with Gasteiger partial charge in [-0.15, -0.1) is 0 Å². The van der Waals surface area contributed by atoms with Gasteiger partial charge in [0.25, 0.3) is 11.8 Å². The van der Waals surface area contributed by atoms with Gasteiger partial charge < -0.3 is 38.2 Å². The standard InChI is InChI=1S/C57H64N4O9/c1-37(2)52(62)15-10-18-59(19-20-67-23-24-68-22-21-65-4)45-27-39(35-69-53-31-41-16-17-44-29-42-11-6-8-13-50(42)60(44)56(63)47(41)25-38(53)3)26-40(28-45)36-70-55-33-49-48(32-54(55)66-5)57(64)61-46(34-58-49)30-43-12-7-9-14-51(43)61/h6-9,11-14,25-28,31-34,37,44,46H,10,15-24,29-30,35-36H2,1-5H3/t44-,46+/m1/s1. The Hall–Kier alpha value is -6.54. The number of aryl methyl sites for hydroxylation is 2. The van der Waals surface area contributed by atoms with Crippen LogP contribution >= 0.6 is 0 Å². The van der Waals surface area contributed by atoms with Crippen LogP contribution in [0.25, 0.3) is 0 Å². The molecule has 4 heterocycles. The maximum atomic E-state index is 14.2. The minimum Gasteiger partial charge on any atom is -0.493 e. The molecule has 0 saturated heterocycles. The van der Waals surface area contributed by atoms with Crippen LogP contribution in [0.1, 0.15) is 87.2 Å². The summed E-state index contributed by atoms with van der Waals surface area (Å²) in [5.41, 5.74) is 10.6. The average molecular weight is 949 g/mol. The number of para-hydroxylation sites is 2. The molecular formula is C57H64N4O9. The lowest BCUT2D eigenvalue weighted by atomic mass is 9.98. The Labute approximate surface area is 411 Å². The number of Topliss-reactive ketones (excluding diaryl/α,β-unsaturated/α-hetero) is 1. The molecule has 5 aromatic rings. The number of ether oxygens (including phenoxy) is 6. The van der Waals surface area contributed by atoms with E-state index in [4.69, 9.17) is 33.4 Å². The number of nitrogens with zero attached hydrogens (tertiary/aromatic N) is 4. The number of fused-ring (bicyclic) bond motifs is 8. The van der Waals surface area contributed by atoms with Gasteiger partial charge in [-0.05, 0) is 115 Å². The van der Waals surface area contributed by atoms with Gasteiger partial charge in [0.2, 0.25) is 0 Å². The van der Waals surface area contributed by atoms with Crippen molar-refractivity contribution in [3.63, 3.8) is 0 Å². The van der Waals surface area contributed by atoms with Crippen LogP contribution in [0.15, 0.2) is 96.0 Å². The van der Waals surface area contributed by atoms with Crippen molar-refractivity contribution < 1.29 is 42.8 Å². The Balaban J connectivity index is 0.981. The fraction of sp³-hybridized carbons (Fsp3) is 0.404. The first kappa shape index (κ1) is 48.5. The zero-order chi connectivity index (χ0) is 48.7. The zero-order valence-electron chi connectivity index (χ0n) is 41.0. The number of rotatable bonds is 22. The SMILES string of the molecule is COCCOCCOCCN(CCCC(=O)C(C)C)c1cc(COc2cc3c(cc2C)C(=O)N2c4ccccc4C[C@H]2CC3)cc(COc2cc3c(cc2OC)C(=O)N2c4ccccc4C[C@H]2C=N3)c1. The first-order valence-corrected chi connectivity index (χ1v) is 24.6. The van der Waals surface area contributed by atoms with Crippen LogP contribution in [0, 0.1) is 12.8 Å². The molecule has 13 nitrogen and oxygen atoms in total. The van der Waals surface area contributed by atoms with Crippen molar-refractivity contribution in [3.8, 4) is 17.2 Å². The van der Waals surface area contributed by atoms with Crippen LogP contribution in [0.5, 0.6) is 17.2 Å². The van der Waals surface area contributed by atoms with Crippen LogP contribution < -0.4 is 28.9 Å². The minimum atomic E-state index is -0.185. The molecule has 0 saturated carbocycles. The number of amides is 2. The van der Waals surface area contributed by atoms with Gasteiger partial charge in [0.1, 0.15) is 24.7 Å². The second-order valence-corrected chi connectivity index (χ2v) is 18.9. The second-order valence-electron chi connectivity index (χ2n) is 18.9. The van der Waals surface area contributed by atoms with Gasteiger partial charge in [0.15, 0.2) is 11.5 Å². The van der Waals surface area contributed by atoms with Gasteiger partial charge in [-0.3, -0.25) is 24.3 Å². The highest BCUT2D eigenvalue weighted by molar-refractivity contribution is 6.15. The molecule has 13 heteroatoms. The molecular weight excluding hydrogens is 885 g/mol. The van der Waals surface area contributed by atoms with E-state index in [1.54, 1.807) is 26.4 Å². The number of anilines is 3. The second kappa shape index (κ2) is 22.0. The summed E-state index contributed by atoms with van der Waals surface area (Å²) in [5.74, 6) is 1.72. The minimum absolute atomic E-state index is 0.0369. The first-order chi connectivity index (χ1) is 34.1. The van der Waals surface area contributed by atoms with E-state index in [1.807, 2.05) is 73.2 Å². The Morgan fingerprint density at radius 3 is 2.11 bits per heavy atom. The molecule has 0 bridgehead atoms. The fourth-order valence-electron chi connectivity index (χ4n) is 10.1. The van der Waals surface area contributed by atoms with E-state index in [-0.39, 0.29) is 48.8 Å². The fourth-order valence-corrected chi connectivity index (χ4v) is 10.1. The number of ketones is 1. The molecule has 0 unspecified atom stereocenters. The van der Waals surface area contributed by atoms with Gasteiger partial charge in [-0.1, -0.05) is 50.2 Å². The summed E-state index contributed by atoms with van der Waals surface area (Å²) in [6.45, 7) is 9.89. The van der Waals surface area contributed by atoms with Gasteiger partial charge >= 0.3 is 0 Å². The predicted molar refractivity (Wildman–Crippen MR) is 272 cm³/mol. The van der Waals surface area contributed by atoms with E-state index in [0.29, 0.717) is 88.1 Å². The molecule has 0 radical (unpaired) electrons. The average Bonchev–Trinajstić information content (AvgIpc) is 3.86. The van der Waals surface area contributed by atoms with E-state index in [2.05, 4.69) is 47.4 Å². The van der Waals surface area contributed by atoms with Crippen LogP contribution in [-0.2, 0) is 51.5 Å². The van der Waals surface area contributed by atoms with Gasteiger partial charge in [0.05, 0.1) is 57.4 Å². The topological polar surface area (TPSA) is 129 Å². The quantitative estimate of drug-likeness (QED) is 0.0619. The number of carbonyl (C=O) groups is 3. The molecule has 5 aromatic carbocycles. The molecule has 4 aliphatic heterocycles. The van der Waals surface area contributed by atoms with Crippen molar-refractivity contribution in [3.05, 3.63) is 136 Å². The lowest BCUT2D eigenvalue weighted by Gasteiger charge is -2.26. The van der Waals surface area contributed by atoms with Gasteiger partial charge in [-0.2, -0.15) is 0 Å². The van der Waals surface area contributed by atoms with Gasteiger partial charge in [0, 0.05) is 79.9 Å². The number of hydrogen-bond donors (Lipinski definition) is 0. The summed E-state index contributed by atoms with van der Waals surface area (Å²) in [6.07, 6.45) is 6.21. The first-order valence-electron chi connectivity index (χ1n) is 24.6. The molecule has 70 heavy (non-hydrogen) atoms. The van der Waals surface area contributed by atoms with Crippen molar-refractivity contribution in [2.45, 2.75) is 84.6 Å². The number of benzene rings is 5. The Kier molecular flexibility index (Phi) is 15.3. The molecule has 4 aliphatic rings. The summed E-state index contributed by atoms with van der Waals surface area (Å²) >= 11 is 0. The van der Waals surface area contributed by atoms with Crippen LogP contribution in [0.3, 0.4) is 0 Å². The lowest BCUT2D eigenvalue weighted by Crippen LogP contribution is -2.37. The van der Waals surface area contributed by atoms with Crippen molar-refractivity contribution in [2.75, 3.05) is 75.0 Å². The van der Waals surface area contributed by atoms with Gasteiger partial charge in [-0.25, -0.2) is 0 Å². The summed E-state index contributed by atoms with van der Waals surface area (Å²) in [7, 11) is 3.22. The predicted octanol–water partition coefficient (Wildman–Crippen LogP) is 9.46. The maximum absolute atomic E-state index is 14.2. The summed E-state index contributed by atoms with van der Waals surface area (Å²) in [6, 6.07) is 30.0. The Bertz CT molecular complexity index is 2750. The van der Waals surface area contributed by atoms with Crippen molar-refractivity contribution in [1.29, 1.82) is 0 Å². The monoisotopic (exact) mass is 948 g/mol. The number of hydrogen-bond acceptors (Lipinski definition) is 11. The molecule has 9 rings (SSSR count). The van der Waals surface area contributed by atoms with E-state index < -0.39 is 0 Å². The molecule has 366 valence electrons. The molecule has 2 atom stereocenters. The van der Waals surface area contributed by atoms with E-state index in [9.17, 15) is 14.4 Å². The number of aliphatic imine (C=N–C) groups is 1. The third-order valence-electron chi connectivity index (χ3n) is 13.8. The highest BCUT2D eigenvalue weighted by Crippen LogP contribution is 2.42. The number of carbonyl (C=O) groups excluding carboxylic acids is 3. The number of methoxy groups -OCH3 is 2. The van der Waals surface area contributed by atoms with Crippen LogP contribution in [0.4, 0.5) is 22.7 Å². The Morgan fingerprint density at radius 1 is 0.714 bits per heavy atom. The van der Waals surface area contributed by atoms with E-state index >= 15 is 0 Å².